The molecule has 9 heteroatoms. The van der Waals surface area contributed by atoms with Crippen LogP contribution in [0.15, 0.2) is 60.8 Å². The number of unbranched alkanes of at least 4 members (excludes halogenated alkanes) is 22. The van der Waals surface area contributed by atoms with Crippen LogP contribution in [0.3, 0.4) is 0 Å². The lowest BCUT2D eigenvalue weighted by Crippen LogP contribution is -2.37. The van der Waals surface area contributed by atoms with Gasteiger partial charge >= 0.3 is 13.8 Å². The van der Waals surface area contributed by atoms with Gasteiger partial charge in [0.15, 0.2) is 0 Å². The van der Waals surface area contributed by atoms with Gasteiger partial charge in [0.25, 0.3) is 0 Å². The van der Waals surface area contributed by atoms with E-state index in [1.807, 2.05) is 21.1 Å². The van der Waals surface area contributed by atoms with E-state index in [2.05, 4.69) is 74.6 Å². The topological polar surface area (TPSA) is 91.3 Å². The van der Waals surface area contributed by atoms with E-state index < -0.39 is 13.9 Å². The molecule has 356 valence electrons. The average molecular weight is 879 g/mol. The normalized spacial score (nSPS) is 14.1. The van der Waals surface area contributed by atoms with Crippen LogP contribution >= 0.6 is 7.82 Å². The van der Waals surface area contributed by atoms with E-state index >= 15 is 0 Å². The second-order valence-corrected chi connectivity index (χ2v) is 19.3. The minimum Gasteiger partial charge on any atom is -0.457 e. The van der Waals surface area contributed by atoms with E-state index in [-0.39, 0.29) is 25.8 Å². The first-order valence-corrected chi connectivity index (χ1v) is 26.5. The number of allylic oxidation sites excluding steroid dienone is 10. The van der Waals surface area contributed by atoms with E-state index in [1.165, 1.54) is 122 Å². The maximum absolute atomic E-state index is 12.8. The monoisotopic (exact) mass is 879 g/mol. The van der Waals surface area contributed by atoms with Crippen LogP contribution in [0.1, 0.15) is 206 Å². The first-order chi connectivity index (χ1) is 29.6. The maximum atomic E-state index is 12.8. The lowest BCUT2D eigenvalue weighted by Gasteiger charge is -2.24. The van der Waals surface area contributed by atoms with Crippen LogP contribution in [-0.2, 0) is 27.9 Å². The molecule has 0 amide bonds. The van der Waals surface area contributed by atoms with Crippen molar-refractivity contribution in [1.29, 1.82) is 0 Å². The van der Waals surface area contributed by atoms with Crippen molar-refractivity contribution >= 4 is 13.8 Å². The molecule has 0 fully saturated rings. The highest BCUT2D eigenvalue weighted by Crippen LogP contribution is 2.43. The summed E-state index contributed by atoms with van der Waals surface area (Å²) in [5.41, 5.74) is 0. The Morgan fingerprint density at radius 3 is 1.38 bits per heavy atom. The van der Waals surface area contributed by atoms with Gasteiger partial charge in [-0.2, -0.15) is 0 Å². The molecule has 0 radical (unpaired) electrons. The third-order valence-corrected chi connectivity index (χ3v) is 11.5. The third-order valence-electron chi connectivity index (χ3n) is 10.6. The molecule has 0 bridgehead atoms. The van der Waals surface area contributed by atoms with E-state index in [0.29, 0.717) is 24.1 Å². The summed E-state index contributed by atoms with van der Waals surface area (Å²) in [4.78, 5) is 23.0. The van der Waals surface area contributed by atoms with Crippen LogP contribution in [0.4, 0.5) is 0 Å². The standard InChI is InChI=1S/C52H96NO7P/c1-6-8-10-12-14-16-18-20-22-24-26-27-28-29-31-33-35-37-39-41-43-45-52(54)60-51(50-59-61(55,56)58-48-46-53(3,4)5)49-57-47-44-42-40-38-36-34-32-30-25-23-21-19-17-15-13-11-9-7-2/h15,17-18,20-21,23-24,26,28-29,51H,6-14,16,19,22,25,27,30-50H2,1-5H3/p+1/b17-15-,20-18-,23-21-,26-24-,29-28-. The molecule has 0 saturated carbocycles. The summed E-state index contributed by atoms with van der Waals surface area (Å²) < 4.78 is 35.1. The Kier molecular flexibility index (Phi) is 43.5. The third kappa shape index (κ3) is 49.1. The zero-order chi connectivity index (χ0) is 44.8. The minimum atomic E-state index is -4.29. The molecule has 2 unspecified atom stereocenters. The molecule has 2 atom stereocenters. The quantitative estimate of drug-likeness (QED) is 0.0214. The Bertz CT molecular complexity index is 1160. The molecule has 0 aromatic carbocycles. The average Bonchev–Trinajstić information content (AvgIpc) is 3.22. The van der Waals surface area contributed by atoms with Crippen molar-refractivity contribution < 1.29 is 37.3 Å². The molecule has 0 aliphatic heterocycles. The largest absolute Gasteiger partial charge is 0.472 e. The van der Waals surface area contributed by atoms with E-state index in [4.69, 9.17) is 18.5 Å². The van der Waals surface area contributed by atoms with Gasteiger partial charge in [0, 0.05) is 13.0 Å². The first kappa shape index (κ1) is 59.2. The van der Waals surface area contributed by atoms with Crippen molar-refractivity contribution in [2.75, 3.05) is 54.1 Å². The number of likely N-dealkylation sites (N-methyl/N-ethyl adjacent to an activating group) is 1. The van der Waals surface area contributed by atoms with Gasteiger partial charge in [0.05, 0.1) is 34.4 Å². The van der Waals surface area contributed by atoms with Crippen molar-refractivity contribution in [3.05, 3.63) is 60.8 Å². The molecule has 0 aromatic heterocycles. The van der Waals surface area contributed by atoms with Crippen molar-refractivity contribution in [2.45, 2.75) is 213 Å². The van der Waals surface area contributed by atoms with Crippen LogP contribution in [0.2, 0.25) is 0 Å². The van der Waals surface area contributed by atoms with Crippen molar-refractivity contribution in [3.63, 3.8) is 0 Å². The second kappa shape index (κ2) is 44.8. The predicted molar refractivity (Wildman–Crippen MR) is 261 cm³/mol. The molecule has 0 rings (SSSR count). The highest BCUT2D eigenvalue weighted by atomic mass is 31.2. The van der Waals surface area contributed by atoms with Gasteiger partial charge in [-0.3, -0.25) is 13.8 Å². The highest BCUT2D eigenvalue weighted by molar-refractivity contribution is 7.47. The van der Waals surface area contributed by atoms with E-state index in [9.17, 15) is 14.3 Å². The van der Waals surface area contributed by atoms with Gasteiger partial charge in [-0.05, 0) is 83.5 Å². The lowest BCUT2D eigenvalue weighted by atomic mass is 10.1. The van der Waals surface area contributed by atoms with Crippen LogP contribution in [0, 0.1) is 0 Å². The summed E-state index contributed by atoms with van der Waals surface area (Å²) >= 11 is 0. The number of hydrogen-bond acceptors (Lipinski definition) is 6. The van der Waals surface area contributed by atoms with Crippen molar-refractivity contribution in [2.24, 2.45) is 0 Å². The summed E-state index contributed by atoms with van der Waals surface area (Å²) in [5, 5.41) is 0. The lowest BCUT2D eigenvalue weighted by molar-refractivity contribution is -0.870. The number of rotatable bonds is 46. The fourth-order valence-corrected chi connectivity index (χ4v) is 7.39. The van der Waals surface area contributed by atoms with E-state index in [1.54, 1.807) is 0 Å². The number of phosphoric ester groups is 1. The smallest absolute Gasteiger partial charge is 0.457 e. The summed E-state index contributed by atoms with van der Waals surface area (Å²) in [6.45, 7) is 5.56. The number of hydrogen-bond donors (Lipinski definition) is 1. The summed E-state index contributed by atoms with van der Waals surface area (Å²) in [6.07, 6.45) is 56.8. The molecule has 0 saturated heterocycles. The van der Waals surface area contributed by atoms with Crippen molar-refractivity contribution in [1.82, 2.24) is 0 Å². The van der Waals surface area contributed by atoms with Gasteiger partial charge in [-0.15, -0.1) is 0 Å². The number of esters is 1. The molecule has 0 aliphatic carbocycles. The fraction of sp³-hybridized carbons (Fsp3) is 0.788. The molecule has 0 aromatic rings. The molecule has 61 heavy (non-hydrogen) atoms. The summed E-state index contributed by atoms with van der Waals surface area (Å²) in [7, 11) is 1.65. The van der Waals surface area contributed by atoms with Crippen LogP contribution in [-0.4, -0.2) is 75.6 Å². The molecule has 8 nitrogen and oxygen atoms in total. The second-order valence-electron chi connectivity index (χ2n) is 17.8. The van der Waals surface area contributed by atoms with Crippen LogP contribution < -0.4 is 0 Å². The number of carbonyl (C=O) groups is 1. The van der Waals surface area contributed by atoms with Crippen LogP contribution in [0.25, 0.3) is 0 Å². The summed E-state index contributed by atoms with van der Waals surface area (Å²) in [6, 6.07) is 0. The molecule has 0 heterocycles. The number of ether oxygens (including phenoxy) is 2. The van der Waals surface area contributed by atoms with Gasteiger partial charge < -0.3 is 18.9 Å². The zero-order valence-electron chi connectivity index (χ0n) is 40.4. The SMILES string of the molecule is CCCCC/C=C\C/C=C\CCCCCCCCCCOCC(COP(=O)(O)OCC[N+](C)(C)C)OC(=O)CCCCCCCC/C=C\C/C=C\C/C=C\CCCCCCC. The highest BCUT2D eigenvalue weighted by Gasteiger charge is 2.26. The van der Waals surface area contributed by atoms with Gasteiger partial charge in [0.1, 0.15) is 19.3 Å². The fourth-order valence-electron chi connectivity index (χ4n) is 6.65. The molecule has 0 aliphatic rings. The maximum Gasteiger partial charge on any atom is 0.472 e. The molecular formula is C52H97NO7P+. The van der Waals surface area contributed by atoms with Gasteiger partial charge in [-0.1, -0.05) is 177 Å². The Labute approximate surface area is 377 Å². The Hall–Kier alpha value is -1.80. The number of nitrogens with zero attached hydrogens (tertiary/aromatic N) is 1. The Morgan fingerprint density at radius 2 is 0.902 bits per heavy atom. The van der Waals surface area contributed by atoms with Gasteiger partial charge in [-0.25, -0.2) is 4.57 Å². The van der Waals surface area contributed by atoms with Crippen LogP contribution in [0.5, 0.6) is 0 Å². The van der Waals surface area contributed by atoms with E-state index in [0.717, 1.165) is 64.2 Å². The minimum absolute atomic E-state index is 0.0822. The number of quaternary nitrogens is 1. The first-order valence-electron chi connectivity index (χ1n) is 25.0. The molecular weight excluding hydrogens is 782 g/mol. The Balaban J connectivity index is 4.22. The Morgan fingerprint density at radius 1 is 0.508 bits per heavy atom. The predicted octanol–water partition coefficient (Wildman–Crippen LogP) is 15.3. The number of carbonyl (C=O) groups excluding carboxylic acids is 1. The summed E-state index contributed by atoms with van der Waals surface area (Å²) in [5.74, 6) is -0.328. The zero-order valence-corrected chi connectivity index (χ0v) is 41.3. The van der Waals surface area contributed by atoms with Gasteiger partial charge in [0.2, 0.25) is 0 Å². The van der Waals surface area contributed by atoms with Crippen molar-refractivity contribution in [3.8, 4) is 0 Å². The number of phosphoric acid groups is 1. The molecule has 0 spiro atoms. The molecule has 1 N–H and O–H groups in total.